The summed E-state index contributed by atoms with van der Waals surface area (Å²) in [4.78, 5) is 0. The first-order valence-electron chi connectivity index (χ1n) is 5.02. The predicted molar refractivity (Wildman–Crippen MR) is 65.3 cm³/mol. The second-order valence-electron chi connectivity index (χ2n) is 4.31. The van der Waals surface area contributed by atoms with Gasteiger partial charge in [0.2, 0.25) is 0 Å². The Hall–Kier alpha value is -0.300. The van der Waals surface area contributed by atoms with Crippen molar-refractivity contribution in [2.75, 3.05) is 34.3 Å². The first kappa shape index (κ1) is 13.7. The maximum Gasteiger partial charge on any atom is 0.101 e. The van der Waals surface area contributed by atoms with Gasteiger partial charge >= 0.3 is 0 Å². The lowest BCUT2D eigenvalue weighted by Gasteiger charge is -2.21. The van der Waals surface area contributed by atoms with Crippen LogP contribution in [0.3, 0.4) is 0 Å². The van der Waals surface area contributed by atoms with E-state index in [9.17, 15) is 0 Å². The monoisotopic (exact) mass is 216 g/mol. The number of nitrogens with zero attached hydrogens (tertiary/aromatic N) is 1. The third-order valence-electron chi connectivity index (χ3n) is 1.84. The number of aryl methyl sites for hydroxylation is 1. The fourth-order valence-electron chi connectivity index (χ4n) is 0.878. The van der Waals surface area contributed by atoms with Crippen LogP contribution in [0.2, 0.25) is 0 Å². The zero-order valence-electron chi connectivity index (χ0n) is 9.75. The molecule has 1 heterocycles. The molecule has 1 atom stereocenters. The van der Waals surface area contributed by atoms with Crippen LogP contribution in [0, 0.1) is 0 Å². The van der Waals surface area contributed by atoms with Crippen LogP contribution in [0.15, 0.2) is 17.7 Å². The quantitative estimate of drug-likeness (QED) is 0.766. The molecule has 0 aliphatic rings. The van der Waals surface area contributed by atoms with Gasteiger partial charge in [-0.2, -0.15) is 0 Å². The molecule has 3 heteroatoms. The van der Waals surface area contributed by atoms with Crippen molar-refractivity contribution in [2.45, 2.75) is 13.3 Å². The minimum absolute atomic E-state index is 0.281. The first-order valence-corrected chi connectivity index (χ1v) is 6.18. The van der Waals surface area contributed by atoms with Gasteiger partial charge in [0.1, 0.15) is 6.54 Å². The molecular weight excluding hydrogens is 193 g/mol. The number of quaternary nitrogens is 1. The SMILES string of the molecule is CCc1cc[pH]c1.C[N+](C)(C)CCO. The Balaban J connectivity index is 0.000000241. The van der Waals surface area contributed by atoms with Crippen molar-refractivity contribution in [3.8, 4) is 0 Å². The highest BCUT2D eigenvalue weighted by Crippen LogP contribution is 2.10. The lowest BCUT2D eigenvalue weighted by Crippen LogP contribution is -2.36. The molecule has 14 heavy (non-hydrogen) atoms. The number of likely N-dealkylation sites (N-methyl/N-ethyl adjacent to an activating group) is 1. The summed E-state index contributed by atoms with van der Waals surface area (Å²) in [5, 5.41) is 8.39. The molecule has 0 saturated heterocycles. The van der Waals surface area contributed by atoms with Gasteiger partial charge in [-0.05, 0) is 23.6 Å². The molecule has 0 spiro atoms. The van der Waals surface area contributed by atoms with Gasteiger partial charge in [0.15, 0.2) is 0 Å². The average Bonchev–Trinajstić information content (AvgIpc) is 2.54. The van der Waals surface area contributed by atoms with Crippen molar-refractivity contribution >= 4 is 8.19 Å². The molecular formula is C11H23NOP+. The van der Waals surface area contributed by atoms with Crippen LogP contribution in [0.25, 0.3) is 0 Å². The fourth-order valence-corrected chi connectivity index (χ4v) is 1.80. The van der Waals surface area contributed by atoms with E-state index in [0.717, 1.165) is 19.2 Å². The molecule has 1 aromatic heterocycles. The summed E-state index contributed by atoms with van der Waals surface area (Å²) in [5.74, 6) is 4.51. The van der Waals surface area contributed by atoms with Gasteiger partial charge in [-0.1, -0.05) is 13.0 Å². The second-order valence-corrected chi connectivity index (χ2v) is 5.27. The van der Waals surface area contributed by atoms with Crippen molar-refractivity contribution in [3.05, 3.63) is 23.2 Å². The number of rotatable bonds is 3. The predicted octanol–water partition coefficient (Wildman–Crippen LogP) is 1.97. The average molecular weight is 216 g/mol. The number of aliphatic hydroxyl groups excluding tert-OH is 1. The Morgan fingerprint density at radius 2 is 2.00 bits per heavy atom. The second kappa shape index (κ2) is 7.05. The lowest BCUT2D eigenvalue weighted by atomic mass is 10.3. The molecule has 0 aliphatic heterocycles. The van der Waals surface area contributed by atoms with E-state index in [1.54, 1.807) is 0 Å². The normalized spacial score (nSPS) is 11.2. The van der Waals surface area contributed by atoms with Gasteiger partial charge in [-0.3, -0.25) is 0 Å². The first-order chi connectivity index (χ1) is 6.49. The van der Waals surface area contributed by atoms with Crippen LogP contribution >= 0.6 is 8.19 Å². The largest absolute Gasteiger partial charge is 0.391 e. The third-order valence-corrected chi connectivity index (χ3v) is 2.74. The van der Waals surface area contributed by atoms with Crippen LogP contribution in [-0.4, -0.2) is 43.9 Å². The molecule has 1 aromatic rings. The van der Waals surface area contributed by atoms with Crippen molar-refractivity contribution in [3.63, 3.8) is 0 Å². The topological polar surface area (TPSA) is 20.2 Å². The van der Waals surface area contributed by atoms with Gasteiger partial charge in [0.25, 0.3) is 0 Å². The summed E-state index contributed by atoms with van der Waals surface area (Å²) in [7, 11) is 7.11. The molecule has 0 saturated carbocycles. The highest BCUT2D eigenvalue weighted by atomic mass is 31.0. The van der Waals surface area contributed by atoms with E-state index >= 15 is 0 Å². The van der Waals surface area contributed by atoms with Crippen LogP contribution in [0.5, 0.6) is 0 Å². The molecule has 0 aliphatic carbocycles. The van der Waals surface area contributed by atoms with E-state index in [2.05, 4.69) is 45.7 Å². The number of aliphatic hydroxyl groups is 1. The van der Waals surface area contributed by atoms with E-state index in [1.165, 1.54) is 12.0 Å². The molecule has 2 nitrogen and oxygen atoms in total. The summed E-state index contributed by atoms with van der Waals surface area (Å²) < 4.78 is 0.844. The molecule has 0 aromatic carbocycles. The molecule has 0 amide bonds. The van der Waals surface area contributed by atoms with Crippen molar-refractivity contribution in [1.29, 1.82) is 0 Å². The van der Waals surface area contributed by atoms with E-state index in [4.69, 9.17) is 5.11 Å². The van der Waals surface area contributed by atoms with Gasteiger partial charge < -0.3 is 9.59 Å². The molecule has 0 radical (unpaired) electrons. The molecule has 1 N–H and O–H groups in total. The number of hydrogen-bond acceptors (Lipinski definition) is 1. The van der Waals surface area contributed by atoms with Gasteiger partial charge in [0.05, 0.1) is 27.7 Å². The van der Waals surface area contributed by atoms with E-state index in [0.29, 0.717) is 0 Å². The van der Waals surface area contributed by atoms with Crippen LogP contribution in [0.4, 0.5) is 0 Å². The summed E-state index contributed by atoms with van der Waals surface area (Å²) in [5.41, 5.74) is 1.50. The Kier molecular flexibility index (Phi) is 6.90. The smallest absolute Gasteiger partial charge is 0.101 e. The van der Waals surface area contributed by atoms with Gasteiger partial charge in [0, 0.05) is 0 Å². The van der Waals surface area contributed by atoms with Gasteiger partial charge in [-0.25, -0.2) is 0 Å². The Morgan fingerprint density at radius 1 is 1.36 bits per heavy atom. The minimum Gasteiger partial charge on any atom is -0.391 e. The zero-order chi connectivity index (χ0) is 11.0. The highest BCUT2D eigenvalue weighted by Gasteiger charge is 2.02. The Morgan fingerprint density at radius 3 is 2.14 bits per heavy atom. The molecule has 0 fully saturated rings. The highest BCUT2D eigenvalue weighted by molar-refractivity contribution is 7.28. The maximum atomic E-state index is 8.39. The lowest BCUT2D eigenvalue weighted by molar-refractivity contribution is -0.870. The van der Waals surface area contributed by atoms with E-state index in [1.807, 2.05) is 0 Å². The van der Waals surface area contributed by atoms with Crippen LogP contribution < -0.4 is 0 Å². The molecule has 1 unspecified atom stereocenters. The van der Waals surface area contributed by atoms with E-state index in [-0.39, 0.29) is 6.61 Å². The maximum absolute atomic E-state index is 8.39. The standard InChI is InChI=1S/C6H9P.C5H14NO/c1-2-6-3-4-7-5-6;1-6(2,3)4-5-7/h3-5,7H,2H2,1H3;7H,4-5H2,1-3H3/q;+1. The fraction of sp³-hybridized carbons (Fsp3) is 0.636. The van der Waals surface area contributed by atoms with Crippen LogP contribution in [0.1, 0.15) is 12.5 Å². The molecule has 82 valence electrons. The molecule has 1 rings (SSSR count). The van der Waals surface area contributed by atoms with Gasteiger partial charge in [-0.15, -0.1) is 8.19 Å². The van der Waals surface area contributed by atoms with Crippen molar-refractivity contribution < 1.29 is 9.59 Å². The third kappa shape index (κ3) is 8.31. The minimum atomic E-state index is 0.281. The van der Waals surface area contributed by atoms with Crippen molar-refractivity contribution in [1.82, 2.24) is 0 Å². The van der Waals surface area contributed by atoms with E-state index < -0.39 is 0 Å². The van der Waals surface area contributed by atoms with Crippen LogP contribution in [-0.2, 0) is 6.42 Å². The summed E-state index contributed by atoms with van der Waals surface area (Å²) in [6, 6.07) is 2.21. The van der Waals surface area contributed by atoms with Crippen molar-refractivity contribution in [2.24, 2.45) is 0 Å². The summed E-state index contributed by atoms with van der Waals surface area (Å²) >= 11 is 0. The Labute approximate surface area is 89.2 Å². The number of hydrogen-bond donors (Lipinski definition) is 1. The summed E-state index contributed by atoms with van der Waals surface area (Å²) in [6.07, 6.45) is 1.20. The molecule has 0 bridgehead atoms. The summed E-state index contributed by atoms with van der Waals surface area (Å²) in [6.45, 7) is 3.30. The zero-order valence-corrected chi connectivity index (χ0v) is 10.7. The Bertz CT molecular complexity index is 214.